The minimum Gasteiger partial charge on any atom is -0.300 e. The average Bonchev–Trinajstić information content (AvgIpc) is 3.39. The summed E-state index contributed by atoms with van der Waals surface area (Å²) in [5, 5.41) is 12.7. The molecule has 3 aromatic heterocycles. The van der Waals surface area contributed by atoms with Crippen LogP contribution >= 0.6 is 23.1 Å². The van der Waals surface area contributed by atoms with Crippen molar-refractivity contribution in [1.82, 2.24) is 24.7 Å². The lowest BCUT2D eigenvalue weighted by molar-refractivity contribution is -0.113. The summed E-state index contributed by atoms with van der Waals surface area (Å²) >= 11 is 2.67. The zero-order chi connectivity index (χ0) is 20.2. The van der Waals surface area contributed by atoms with E-state index >= 15 is 0 Å². The van der Waals surface area contributed by atoms with Gasteiger partial charge < -0.3 is 0 Å². The molecule has 0 unspecified atom stereocenters. The van der Waals surface area contributed by atoms with Gasteiger partial charge in [-0.2, -0.15) is 4.98 Å². The average molecular weight is 429 g/mol. The Morgan fingerprint density at radius 1 is 1.34 bits per heavy atom. The van der Waals surface area contributed by atoms with Gasteiger partial charge in [0.2, 0.25) is 11.0 Å². The van der Waals surface area contributed by atoms with Gasteiger partial charge in [0.15, 0.2) is 0 Å². The summed E-state index contributed by atoms with van der Waals surface area (Å²) in [5.41, 5.74) is 2.78. The molecule has 3 aromatic rings. The second kappa shape index (κ2) is 8.83. The fraction of sp³-hybridized carbons (Fsp3) is 0.368. The molecule has 8 nitrogen and oxygen atoms in total. The lowest BCUT2D eigenvalue weighted by Crippen LogP contribution is -2.28. The lowest BCUT2D eigenvalue weighted by atomic mass is 10.2. The van der Waals surface area contributed by atoms with Crippen molar-refractivity contribution in [3.05, 3.63) is 56.8 Å². The van der Waals surface area contributed by atoms with Crippen molar-refractivity contribution in [2.45, 2.75) is 44.2 Å². The van der Waals surface area contributed by atoms with Crippen LogP contribution in [0.2, 0.25) is 0 Å². The van der Waals surface area contributed by atoms with Gasteiger partial charge in [-0.3, -0.25) is 19.7 Å². The number of anilines is 1. The second-order valence-electron chi connectivity index (χ2n) is 6.62. The first-order valence-electron chi connectivity index (χ1n) is 9.40. The third-order valence-corrected chi connectivity index (χ3v) is 6.62. The Labute approximate surface area is 175 Å². The zero-order valence-corrected chi connectivity index (χ0v) is 17.6. The van der Waals surface area contributed by atoms with Gasteiger partial charge in [-0.15, -0.1) is 10.2 Å². The highest BCUT2D eigenvalue weighted by atomic mass is 32.2. The molecule has 0 spiro atoms. The molecule has 0 aromatic carbocycles. The Balaban J connectivity index is 1.48. The van der Waals surface area contributed by atoms with E-state index in [1.165, 1.54) is 23.1 Å². The maximum Gasteiger partial charge on any atom is 0.349 e. The third-order valence-electron chi connectivity index (χ3n) is 4.62. The van der Waals surface area contributed by atoms with Gasteiger partial charge in [-0.25, -0.2) is 4.79 Å². The quantitative estimate of drug-likeness (QED) is 0.455. The number of carbonyl (C=O) groups excluding carboxylic acids is 1. The summed E-state index contributed by atoms with van der Waals surface area (Å²) in [6.07, 6.45) is 6.96. The van der Waals surface area contributed by atoms with Gasteiger partial charge in [0, 0.05) is 23.7 Å². The van der Waals surface area contributed by atoms with Crippen LogP contribution in [0.25, 0.3) is 0 Å². The zero-order valence-electron chi connectivity index (χ0n) is 15.9. The van der Waals surface area contributed by atoms with Crippen molar-refractivity contribution < 1.29 is 4.79 Å². The smallest absolute Gasteiger partial charge is 0.300 e. The number of rotatable bonds is 7. The predicted molar refractivity (Wildman–Crippen MR) is 113 cm³/mol. The fourth-order valence-corrected chi connectivity index (χ4v) is 4.85. The Bertz CT molecular complexity index is 1080. The number of nitrogens with zero attached hydrogens (tertiary/aromatic N) is 5. The first-order valence-corrected chi connectivity index (χ1v) is 11.2. The first kappa shape index (κ1) is 19.7. The molecule has 10 heteroatoms. The number of carbonyl (C=O) groups is 1. The van der Waals surface area contributed by atoms with Crippen LogP contribution in [0.15, 0.2) is 34.3 Å². The maximum atomic E-state index is 12.7. The van der Waals surface area contributed by atoms with Crippen LogP contribution < -0.4 is 11.0 Å². The molecule has 29 heavy (non-hydrogen) atoms. The number of fused-ring (bicyclic) bond motifs is 1. The summed E-state index contributed by atoms with van der Waals surface area (Å²) in [6, 6.07) is 3.81. The molecular weight excluding hydrogens is 408 g/mol. The summed E-state index contributed by atoms with van der Waals surface area (Å²) in [5.74, 6) is -0.00566. The van der Waals surface area contributed by atoms with Crippen molar-refractivity contribution in [2.75, 3.05) is 11.1 Å². The predicted octanol–water partition coefficient (Wildman–Crippen LogP) is 2.32. The number of thioether (sulfide) groups is 1. The number of amides is 1. The molecule has 4 rings (SSSR count). The van der Waals surface area contributed by atoms with Crippen molar-refractivity contribution in [3.8, 4) is 0 Å². The summed E-state index contributed by atoms with van der Waals surface area (Å²) < 4.78 is 1.73. The number of pyridine rings is 1. The van der Waals surface area contributed by atoms with Crippen LogP contribution in [0.5, 0.6) is 0 Å². The van der Waals surface area contributed by atoms with E-state index in [9.17, 15) is 9.59 Å². The highest BCUT2D eigenvalue weighted by Gasteiger charge is 2.22. The van der Waals surface area contributed by atoms with Crippen LogP contribution in [-0.4, -0.2) is 36.4 Å². The molecule has 0 aliphatic heterocycles. The molecule has 1 aliphatic carbocycles. The standard InChI is InChI=1S/C19H20N6O2S2/c1-2-16-23-24-18(29-16)21-15(26)11-28-17-13-6-3-7-14(13)25(19(27)22-17)10-12-5-4-8-20-9-12/h4-5,8-9H,2-3,6-7,10-11H2,1H3,(H,21,24,26). The van der Waals surface area contributed by atoms with E-state index < -0.39 is 0 Å². The Hall–Kier alpha value is -2.59. The molecule has 0 saturated carbocycles. The Kier molecular flexibility index (Phi) is 6.00. The molecule has 1 N–H and O–H groups in total. The fourth-order valence-electron chi connectivity index (χ4n) is 3.28. The third kappa shape index (κ3) is 4.54. The van der Waals surface area contributed by atoms with Crippen LogP contribution in [0.4, 0.5) is 5.13 Å². The Morgan fingerprint density at radius 3 is 3.00 bits per heavy atom. The molecular formula is C19H20N6O2S2. The lowest BCUT2D eigenvalue weighted by Gasteiger charge is -2.14. The summed E-state index contributed by atoms with van der Waals surface area (Å²) in [7, 11) is 0. The van der Waals surface area contributed by atoms with Gasteiger partial charge in [-0.05, 0) is 37.3 Å². The van der Waals surface area contributed by atoms with Gasteiger partial charge in [0.25, 0.3) is 0 Å². The van der Waals surface area contributed by atoms with Crippen molar-refractivity contribution in [2.24, 2.45) is 0 Å². The maximum absolute atomic E-state index is 12.7. The van der Waals surface area contributed by atoms with Gasteiger partial charge in [-0.1, -0.05) is 36.1 Å². The van der Waals surface area contributed by atoms with E-state index in [-0.39, 0.29) is 17.3 Å². The first-order chi connectivity index (χ1) is 14.1. The molecule has 1 aliphatic rings. The molecule has 150 valence electrons. The van der Waals surface area contributed by atoms with Crippen molar-refractivity contribution in [3.63, 3.8) is 0 Å². The molecule has 0 atom stereocenters. The minimum atomic E-state index is -0.283. The van der Waals surface area contributed by atoms with Gasteiger partial charge in [0.05, 0.1) is 12.3 Å². The normalized spacial score (nSPS) is 12.7. The number of hydrogen-bond acceptors (Lipinski definition) is 8. The van der Waals surface area contributed by atoms with Gasteiger partial charge in [0.1, 0.15) is 10.0 Å². The minimum absolute atomic E-state index is 0.173. The highest BCUT2D eigenvalue weighted by Crippen LogP contribution is 2.29. The van der Waals surface area contributed by atoms with Gasteiger partial charge >= 0.3 is 5.69 Å². The van der Waals surface area contributed by atoms with E-state index in [4.69, 9.17) is 0 Å². The van der Waals surface area contributed by atoms with Crippen molar-refractivity contribution in [1.29, 1.82) is 0 Å². The van der Waals surface area contributed by atoms with E-state index in [1.807, 2.05) is 19.1 Å². The molecule has 0 radical (unpaired) electrons. The molecule has 0 saturated heterocycles. The van der Waals surface area contributed by atoms with E-state index in [2.05, 4.69) is 25.5 Å². The molecule has 0 fully saturated rings. The van der Waals surface area contributed by atoms with E-state index in [1.54, 1.807) is 17.0 Å². The molecule has 3 heterocycles. The van der Waals surface area contributed by atoms with E-state index in [0.29, 0.717) is 16.7 Å². The SMILES string of the molecule is CCc1nnc(NC(=O)CSc2nc(=O)n(Cc3cccnc3)c3c2CCC3)s1. The summed E-state index contributed by atoms with van der Waals surface area (Å²) in [6.45, 7) is 2.45. The van der Waals surface area contributed by atoms with Crippen LogP contribution in [-0.2, 0) is 30.6 Å². The van der Waals surface area contributed by atoms with Crippen LogP contribution in [0.1, 0.15) is 35.2 Å². The number of nitrogens with one attached hydrogen (secondary N) is 1. The number of aromatic nitrogens is 5. The molecule has 1 amide bonds. The monoisotopic (exact) mass is 428 g/mol. The van der Waals surface area contributed by atoms with Crippen LogP contribution in [0, 0.1) is 0 Å². The second-order valence-corrected chi connectivity index (χ2v) is 8.64. The molecule has 0 bridgehead atoms. The van der Waals surface area contributed by atoms with E-state index in [0.717, 1.165) is 47.5 Å². The topological polar surface area (TPSA) is 103 Å². The van der Waals surface area contributed by atoms with Crippen molar-refractivity contribution >= 4 is 34.1 Å². The summed E-state index contributed by atoms with van der Waals surface area (Å²) in [4.78, 5) is 33.3. The largest absolute Gasteiger partial charge is 0.349 e. The van der Waals surface area contributed by atoms with Crippen LogP contribution in [0.3, 0.4) is 0 Å². The Morgan fingerprint density at radius 2 is 2.24 bits per heavy atom. The number of aryl methyl sites for hydroxylation is 1. The highest BCUT2D eigenvalue weighted by molar-refractivity contribution is 8.00. The number of hydrogen-bond donors (Lipinski definition) is 1.